The summed E-state index contributed by atoms with van der Waals surface area (Å²) >= 11 is 5.47. The number of rotatable bonds is 2. The number of hydrogen-bond acceptors (Lipinski definition) is 2. The summed E-state index contributed by atoms with van der Waals surface area (Å²) in [5.41, 5.74) is 1.32. The molecule has 0 aliphatic carbocycles. The van der Waals surface area contributed by atoms with Crippen molar-refractivity contribution in [3.8, 4) is 0 Å². The van der Waals surface area contributed by atoms with E-state index in [1.807, 2.05) is 23.5 Å². The summed E-state index contributed by atoms with van der Waals surface area (Å²) in [7, 11) is 0. The summed E-state index contributed by atoms with van der Waals surface area (Å²) < 4.78 is 5.37. The molecule has 74 valence electrons. The SMILES string of the molecule is Cc1cc(C)c(C(Br)c2ccco2)s1. The van der Waals surface area contributed by atoms with Crippen molar-refractivity contribution >= 4 is 27.3 Å². The lowest BCUT2D eigenvalue weighted by molar-refractivity contribution is 0.520. The number of hydrogen-bond donors (Lipinski definition) is 0. The summed E-state index contributed by atoms with van der Waals surface area (Å²) in [5, 5.41) is 0. The Bertz CT molecular complexity index is 416. The van der Waals surface area contributed by atoms with Gasteiger partial charge in [-0.3, -0.25) is 0 Å². The van der Waals surface area contributed by atoms with E-state index in [0.717, 1.165) is 5.76 Å². The van der Waals surface area contributed by atoms with Crippen LogP contribution in [0.5, 0.6) is 0 Å². The fraction of sp³-hybridized carbons (Fsp3) is 0.273. The molecule has 1 nitrogen and oxygen atoms in total. The highest BCUT2D eigenvalue weighted by Crippen LogP contribution is 2.37. The Kier molecular flexibility index (Phi) is 2.79. The minimum atomic E-state index is 0.191. The first-order valence-corrected chi connectivity index (χ1v) is 6.16. The molecule has 0 spiro atoms. The molecular formula is C11H11BrOS. The van der Waals surface area contributed by atoms with Gasteiger partial charge in [0.1, 0.15) is 10.6 Å². The predicted octanol–water partition coefficient (Wildman–Crippen LogP) is 4.44. The van der Waals surface area contributed by atoms with Crippen molar-refractivity contribution in [3.05, 3.63) is 45.5 Å². The smallest absolute Gasteiger partial charge is 0.122 e. The van der Waals surface area contributed by atoms with Gasteiger partial charge in [0.2, 0.25) is 0 Å². The molecule has 0 saturated carbocycles. The lowest BCUT2D eigenvalue weighted by Gasteiger charge is -2.04. The van der Waals surface area contributed by atoms with Gasteiger partial charge in [0.05, 0.1) is 6.26 Å². The lowest BCUT2D eigenvalue weighted by Crippen LogP contribution is -1.88. The summed E-state index contributed by atoms with van der Waals surface area (Å²) in [6.07, 6.45) is 1.71. The van der Waals surface area contributed by atoms with Gasteiger partial charge in [-0.15, -0.1) is 11.3 Å². The maximum atomic E-state index is 5.37. The molecule has 0 fully saturated rings. The first-order chi connectivity index (χ1) is 6.68. The monoisotopic (exact) mass is 270 g/mol. The second-order valence-corrected chi connectivity index (χ2v) is 5.49. The van der Waals surface area contributed by atoms with Crippen molar-refractivity contribution in [2.45, 2.75) is 18.7 Å². The average Bonchev–Trinajstić information content (AvgIpc) is 2.73. The van der Waals surface area contributed by atoms with Gasteiger partial charge in [0.15, 0.2) is 0 Å². The van der Waals surface area contributed by atoms with Crippen LogP contribution in [0.4, 0.5) is 0 Å². The Balaban J connectivity index is 2.36. The van der Waals surface area contributed by atoms with Crippen LogP contribution in [-0.2, 0) is 0 Å². The van der Waals surface area contributed by atoms with Gasteiger partial charge < -0.3 is 4.42 Å². The second kappa shape index (κ2) is 3.91. The molecule has 0 bridgehead atoms. The maximum Gasteiger partial charge on any atom is 0.122 e. The van der Waals surface area contributed by atoms with Crippen molar-refractivity contribution in [2.24, 2.45) is 0 Å². The summed E-state index contributed by atoms with van der Waals surface area (Å²) in [6.45, 7) is 4.26. The molecule has 2 aromatic rings. The fourth-order valence-electron chi connectivity index (χ4n) is 1.48. The predicted molar refractivity (Wildman–Crippen MR) is 63.3 cm³/mol. The van der Waals surface area contributed by atoms with Crippen LogP contribution in [0.3, 0.4) is 0 Å². The zero-order chi connectivity index (χ0) is 10.1. The van der Waals surface area contributed by atoms with E-state index in [1.54, 1.807) is 6.26 Å². The lowest BCUT2D eigenvalue weighted by atomic mass is 10.2. The van der Waals surface area contributed by atoms with Crippen LogP contribution in [0.2, 0.25) is 0 Å². The molecule has 2 heterocycles. The van der Waals surface area contributed by atoms with Crippen LogP contribution in [-0.4, -0.2) is 0 Å². The molecule has 0 aromatic carbocycles. The van der Waals surface area contributed by atoms with Crippen LogP contribution in [0.25, 0.3) is 0 Å². The van der Waals surface area contributed by atoms with Gasteiger partial charge in [0, 0.05) is 9.75 Å². The van der Waals surface area contributed by atoms with Crippen LogP contribution in [0.1, 0.15) is 25.9 Å². The standard InChI is InChI=1S/C11H11BrOS/c1-7-6-8(2)14-11(7)10(12)9-4-3-5-13-9/h3-6,10H,1-2H3. The van der Waals surface area contributed by atoms with Crippen LogP contribution in [0, 0.1) is 13.8 Å². The zero-order valence-corrected chi connectivity index (χ0v) is 10.5. The van der Waals surface area contributed by atoms with E-state index in [2.05, 4.69) is 35.8 Å². The highest BCUT2D eigenvalue weighted by molar-refractivity contribution is 9.09. The van der Waals surface area contributed by atoms with Gasteiger partial charge >= 0.3 is 0 Å². The molecule has 2 aromatic heterocycles. The number of alkyl halides is 1. The van der Waals surface area contributed by atoms with E-state index in [4.69, 9.17) is 4.42 Å². The van der Waals surface area contributed by atoms with Crippen molar-refractivity contribution in [3.63, 3.8) is 0 Å². The molecule has 0 amide bonds. The van der Waals surface area contributed by atoms with E-state index < -0.39 is 0 Å². The normalized spacial score (nSPS) is 13.1. The molecule has 0 aliphatic rings. The van der Waals surface area contributed by atoms with Gasteiger partial charge in [-0.2, -0.15) is 0 Å². The van der Waals surface area contributed by atoms with E-state index in [1.165, 1.54) is 15.3 Å². The van der Waals surface area contributed by atoms with Crippen LogP contribution < -0.4 is 0 Å². The first-order valence-electron chi connectivity index (χ1n) is 4.43. The third-order valence-corrected chi connectivity index (χ3v) is 4.53. The molecule has 14 heavy (non-hydrogen) atoms. The number of furan rings is 1. The minimum Gasteiger partial charge on any atom is -0.468 e. The summed E-state index contributed by atoms with van der Waals surface area (Å²) in [5.74, 6) is 0.968. The van der Waals surface area contributed by atoms with E-state index >= 15 is 0 Å². The van der Waals surface area contributed by atoms with Gasteiger partial charge in [-0.05, 0) is 37.6 Å². The van der Waals surface area contributed by atoms with Gasteiger partial charge in [-0.1, -0.05) is 15.9 Å². The van der Waals surface area contributed by atoms with Crippen molar-refractivity contribution in [1.82, 2.24) is 0 Å². The van der Waals surface area contributed by atoms with E-state index in [0.29, 0.717) is 0 Å². The molecule has 1 unspecified atom stereocenters. The maximum absolute atomic E-state index is 5.37. The zero-order valence-electron chi connectivity index (χ0n) is 8.08. The Morgan fingerprint density at radius 2 is 2.21 bits per heavy atom. The third kappa shape index (κ3) is 1.79. The van der Waals surface area contributed by atoms with Crippen LogP contribution in [0.15, 0.2) is 28.9 Å². The van der Waals surface area contributed by atoms with E-state index in [9.17, 15) is 0 Å². The Labute approximate surface area is 95.9 Å². The number of aryl methyl sites for hydroxylation is 2. The van der Waals surface area contributed by atoms with Crippen LogP contribution >= 0.6 is 27.3 Å². The highest BCUT2D eigenvalue weighted by atomic mass is 79.9. The number of halogens is 1. The minimum absolute atomic E-state index is 0.191. The fourth-order valence-corrected chi connectivity index (χ4v) is 3.40. The quantitative estimate of drug-likeness (QED) is 0.736. The van der Waals surface area contributed by atoms with Crippen molar-refractivity contribution in [1.29, 1.82) is 0 Å². The van der Waals surface area contributed by atoms with E-state index in [-0.39, 0.29) is 4.83 Å². The molecule has 0 N–H and O–H groups in total. The molecule has 0 radical (unpaired) electrons. The Hall–Kier alpha value is -0.540. The van der Waals surface area contributed by atoms with Gasteiger partial charge in [0.25, 0.3) is 0 Å². The molecule has 2 rings (SSSR count). The largest absolute Gasteiger partial charge is 0.468 e. The Morgan fingerprint density at radius 1 is 1.43 bits per heavy atom. The summed E-state index contributed by atoms with van der Waals surface area (Å²) in [4.78, 5) is 2.86. The molecular weight excluding hydrogens is 260 g/mol. The first kappa shape index (κ1) is 9.99. The van der Waals surface area contributed by atoms with Gasteiger partial charge in [-0.25, -0.2) is 0 Å². The van der Waals surface area contributed by atoms with Crippen molar-refractivity contribution < 1.29 is 4.42 Å². The second-order valence-electron chi connectivity index (χ2n) is 3.28. The third-order valence-electron chi connectivity index (χ3n) is 2.10. The molecule has 0 aliphatic heterocycles. The summed E-state index contributed by atoms with van der Waals surface area (Å²) in [6, 6.07) is 6.12. The topological polar surface area (TPSA) is 13.1 Å². The highest BCUT2D eigenvalue weighted by Gasteiger charge is 2.17. The molecule has 0 saturated heterocycles. The van der Waals surface area contributed by atoms with Crippen molar-refractivity contribution in [2.75, 3.05) is 0 Å². The Morgan fingerprint density at radius 3 is 2.71 bits per heavy atom. The average molecular weight is 271 g/mol. The molecule has 3 heteroatoms. The molecule has 1 atom stereocenters. The number of thiophene rings is 1.